The minimum Gasteiger partial charge on any atom is -0.464 e. The van der Waals surface area contributed by atoms with Crippen LogP contribution in [0.15, 0.2) is 34.9 Å². The molecule has 0 aliphatic carbocycles. The number of benzene rings is 1. The molecule has 7 nitrogen and oxygen atoms in total. The first kappa shape index (κ1) is 20.3. The van der Waals surface area contributed by atoms with Gasteiger partial charge < -0.3 is 9.52 Å². The number of carbonyl (C=O) groups is 4. The van der Waals surface area contributed by atoms with Gasteiger partial charge in [0.25, 0.3) is 0 Å². The Balaban J connectivity index is 1.92. The van der Waals surface area contributed by atoms with Crippen molar-refractivity contribution in [2.45, 2.75) is 44.4 Å². The number of likely N-dealkylation sites (tertiary alicyclic amines) is 1. The first-order valence-corrected chi connectivity index (χ1v) is 9.97. The molecule has 0 spiro atoms. The van der Waals surface area contributed by atoms with E-state index in [1.54, 1.807) is 31.2 Å². The lowest BCUT2D eigenvalue weighted by Crippen LogP contribution is -2.61. The minimum atomic E-state index is -1.23. The number of fused-ring (bicyclic) bond motifs is 1. The van der Waals surface area contributed by atoms with Crippen LogP contribution in [0.1, 0.15) is 43.5 Å². The molecule has 1 aliphatic heterocycles. The second kappa shape index (κ2) is 7.89. The van der Waals surface area contributed by atoms with Crippen LogP contribution in [0.3, 0.4) is 0 Å². The van der Waals surface area contributed by atoms with Crippen molar-refractivity contribution < 1.29 is 33.2 Å². The van der Waals surface area contributed by atoms with Gasteiger partial charge in [0.05, 0.1) is 12.1 Å². The molecule has 1 aromatic carbocycles. The molecule has 0 radical (unpaired) electrons. The van der Waals surface area contributed by atoms with Gasteiger partial charge in [-0.15, -0.1) is 0 Å². The van der Waals surface area contributed by atoms with E-state index in [1.807, 2.05) is 0 Å². The Morgan fingerprint density at radius 3 is 2.61 bits per heavy atom. The molecule has 28 heavy (non-hydrogen) atoms. The molecular weight excluding hydrogens is 382 g/mol. The highest BCUT2D eigenvalue weighted by Gasteiger charge is 2.55. The maximum absolute atomic E-state index is 13.3. The van der Waals surface area contributed by atoms with Gasteiger partial charge in [-0.1, -0.05) is 30.0 Å². The fraction of sp³-hybridized carbons (Fsp3) is 0.400. The summed E-state index contributed by atoms with van der Waals surface area (Å²) in [4.78, 5) is 49.9. The van der Waals surface area contributed by atoms with Crippen LogP contribution in [0.2, 0.25) is 0 Å². The number of carboxylic acid groups (broad SMARTS) is 1. The average molecular weight is 404 g/mol. The fourth-order valence-corrected chi connectivity index (χ4v) is 4.82. The molecule has 1 aromatic heterocycles. The van der Waals surface area contributed by atoms with Gasteiger partial charge in [0.1, 0.15) is 23.1 Å². The summed E-state index contributed by atoms with van der Waals surface area (Å²) in [6.07, 6.45) is 1.07. The van der Waals surface area contributed by atoms with Gasteiger partial charge in [0, 0.05) is 31.6 Å². The summed E-state index contributed by atoms with van der Waals surface area (Å²) in [5.41, 5.74) is 0.879. The zero-order valence-electron chi connectivity index (χ0n) is 15.7. The van der Waals surface area contributed by atoms with Gasteiger partial charge in [-0.2, -0.15) is 9.28 Å². The van der Waals surface area contributed by atoms with Gasteiger partial charge in [0.15, 0.2) is 10.9 Å². The third-order valence-corrected chi connectivity index (χ3v) is 6.34. The standard InChI is InChI=1S/C20H21NO6S/c1-12-6-5-9-21(12,20(25)26)19(24)18(28-13(2)22)10-16(23)15-11-27-17-8-4-3-7-14(15)17/h3-4,7-8,11-12,18H,5-6,9-10H2,1-2H3/p+1/t12-,18?,21?/m1/s1. The average Bonchev–Trinajstić information content (AvgIpc) is 3.24. The summed E-state index contributed by atoms with van der Waals surface area (Å²) in [7, 11) is 0. The smallest absolute Gasteiger partial charge is 0.464 e. The van der Waals surface area contributed by atoms with Crippen molar-refractivity contribution in [1.29, 1.82) is 0 Å². The van der Waals surface area contributed by atoms with Gasteiger partial charge in [-0.3, -0.25) is 9.59 Å². The largest absolute Gasteiger partial charge is 0.521 e. The van der Waals surface area contributed by atoms with E-state index >= 15 is 0 Å². The lowest BCUT2D eigenvalue weighted by Gasteiger charge is -2.32. The number of quaternary nitrogens is 1. The molecule has 8 heteroatoms. The lowest BCUT2D eigenvalue weighted by atomic mass is 10.0. The van der Waals surface area contributed by atoms with E-state index in [0.29, 0.717) is 29.4 Å². The fourth-order valence-electron chi connectivity index (χ4n) is 3.89. The molecule has 1 fully saturated rings. The number of furan rings is 1. The Labute approximate surface area is 166 Å². The second-order valence-electron chi connectivity index (χ2n) is 7.08. The molecule has 3 rings (SSSR count). The number of carbonyl (C=O) groups excluding carboxylic acids is 3. The second-order valence-corrected chi connectivity index (χ2v) is 8.46. The van der Waals surface area contributed by atoms with E-state index in [4.69, 9.17) is 4.42 Å². The van der Waals surface area contributed by atoms with Gasteiger partial charge in [0.2, 0.25) is 0 Å². The molecule has 2 amide bonds. The molecule has 2 aromatic rings. The molecule has 1 saturated heterocycles. The predicted octanol–water partition coefficient (Wildman–Crippen LogP) is 3.86. The maximum Gasteiger partial charge on any atom is 0.521 e. The Kier molecular flexibility index (Phi) is 5.71. The summed E-state index contributed by atoms with van der Waals surface area (Å²) in [5, 5.41) is 9.04. The third-order valence-electron chi connectivity index (χ3n) is 5.36. The van der Waals surface area contributed by atoms with Crippen molar-refractivity contribution >= 4 is 45.6 Å². The number of nitrogens with zero attached hydrogens (tertiary/aromatic N) is 1. The summed E-state index contributed by atoms with van der Waals surface area (Å²) >= 11 is 0.725. The summed E-state index contributed by atoms with van der Waals surface area (Å²) in [5.74, 6) is -0.953. The summed E-state index contributed by atoms with van der Waals surface area (Å²) in [6.45, 7) is 3.20. The SMILES string of the molecule is CC(=O)SC(CC(=O)c1coc2ccccc12)C(=O)[N+]1(C(=O)O)CCC[C@H]1C. The van der Waals surface area contributed by atoms with Crippen LogP contribution in [0, 0.1) is 0 Å². The van der Waals surface area contributed by atoms with E-state index in [1.165, 1.54) is 13.2 Å². The maximum atomic E-state index is 13.3. The van der Waals surface area contributed by atoms with Gasteiger partial charge >= 0.3 is 12.0 Å². The van der Waals surface area contributed by atoms with E-state index in [2.05, 4.69) is 0 Å². The topological polar surface area (TPSA) is 102 Å². The van der Waals surface area contributed by atoms with Gasteiger partial charge in [-0.05, 0) is 13.0 Å². The van der Waals surface area contributed by atoms with Crippen LogP contribution in [0.4, 0.5) is 4.79 Å². The zero-order valence-corrected chi connectivity index (χ0v) is 16.5. The molecule has 0 saturated carbocycles. The zero-order chi connectivity index (χ0) is 20.5. The number of para-hydroxylation sites is 1. The first-order valence-electron chi connectivity index (χ1n) is 9.09. The number of rotatable bonds is 5. The molecule has 148 valence electrons. The van der Waals surface area contributed by atoms with Crippen LogP contribution in [-0.4, -0.2) is 50.3 Å². The molecule has 2 heterocycles. The summed E-state index contributed by atoms with van der Waals surface area (Å²) < 4.78 is 4.66. The Bertz CT molecular complexity index is 951. The highest BCUT2D eigenvalue weighted by molar-refractivity contribution is 8.14. The van der Waals surface area contributed by atoms with E-state index in [9.17, 15) is 24.3 Å². The van der Waals surface area contributed by atoms with Crippen molar-refractivity contribution in [2.24, 2.45) is 0 Å². The van der Waals surface area contributed by atoms with E-state index in [-0.39, 0.29) is 23.9 Å². The minimum absolute atomic E-state index is 0.174. The lowest BCUT2D eigenvalue weighted by molar-refractivity contribution is -0.792. The van der Waals surface area contributed by atoms with Crippen LogP contribution >= 0.6 is 11.8 Å². The number of amides is 2. The number of ketones is 1. The molecule has 2 unspecified atom stereocenters. The van der Waals surface area contributed by atoms with Gasteiger partial charge in [-0.25, -0.2) is 4.79 Å². The van der Waals surface area contributed by atoms with Crippen molar-refractivity contribution in [3.05, 3.63) is 36.1 Å². The molecular formula is C20H22NO6S+. The van der Waals surface area contributed by atoms with Crippen molar-refractivity contribution in [3.8, 4) is 0 Å². The highest BCUT2D eigenvalue weighted by Crippen LogP contribution is 2.33. The molecule has 1 N–H and O–H groups in total. The molecule has 3 atom stereocenters. The monoisotopic (exact) mass is 404 g/mol. The quantitative estimate of drug-likeness (QED) is 0.596. The third kappa shape index (κ3) is 3.49. The Morgan fingerprint density at radius 1 is 1.29 bits per heavy atom. The predicted molar refractivity (Wildman–Crippen MR) is 104 cm³/mol. The molecule has 0 bridgehead atoms. The Hall–Kier alpha value is -2.45. The normalized spacial score (nSPS) is 22.9. The van der Waals surface area contributed by atoms with Crippen molar-refractivity contribution in [2.75, 3.05) is 6.54 Å². The Morgan fingerprint density at radius 2 is 2.00 bits per heavy atom. The summed E-state index contributed by atoms with van der Waals surface area (Å²) in [6, 6.07) is 6.64. The number of thioether (sulfide) groups is 1. The highest BCUT2D eigenvalue weighted by atomic mass is 32.2. The number of hydrogen-bond donors (Lipinski definition) is 1. The van der Waals surface area contributed by atoms with Crippen LogP contribution in [-0.2, 0) is 9.59 Å². The van der Waals surface area contributed by atoms with Crippen LogP contribution in [0.5, 0.6) is 0 Å². The van der Waals surface area contributed by atoms with E-state index in [0.717, 1.165) is 11.8 Å². The first-order chi connectivity index (χ1) is 13.3. The van der Waals surface area contributed by atoms with Crippen molar-refractivity contribution in [3.63, 3.8) is 0 Å². The van der Waals surface area contributed by atoms with Crippen LogP contribution < -0.4 is 0 Å². The number of Topliss-reactive ketones (excluding diaryl/α,β-unsaturated/α-hetero) is 1. The van der Waals surface area contributed by atoms with Crippen LogP contribution in [0.25, 0.3) is 11.0 Å². The van der Waals surface area contributed by atoms with E-state index < -0.39 is 27.8 Å². The molecule has 1 aliphatic rings. The van der Waals surface area contributed by atoms with Crippen molar-refractivity contribution in [1.82, 2.24) is 0 Å². The number of hydrogen-bond acceptors (Lipinski definition) is 6. The number of imide groups is 1.